The third-order valence-corrected chi connectivity index (χ3v) is 4.99. The molecule has 2 aromatic heterocycles. The van der Waals surface area contributed by atoms with E-state index in [9.17, 15) is 4.79 Å². The minimum atomic E-state index is 0.00246. The Labute approximate surface area is 149 Å². The minimum absolute atomic E-state index is 0.00246. The van der Waals surface area contributed by atoms with Crippen LogP contribution in [0.2, 0.25) is 0 Å². The number of hydrogen-bond donors (Lipinski definition) is 0. The van der Waals surface area contributed by atoms with E-state index in [0.717, 1.165) is 57.7 Å². The van der Waals surface area contributed by atoms with Crippen LogP contribution in [-0.4, -0.2) is 51.2 Å². The first-order chi connectivity index (χ1) is 12.2. The summed E-state index contributed by atoms with van der Waals surface area (Å²) in [5.41, 5.74) is 0. The summed E-state index contributed by atoms with van der Waals surface area (Å²) in [4.78, 5) is 17.2. The van der Waals surface area contributed by atoms with Gasteiger partial charge in [-0.3, -0.25) is 14.4 Å². The van der Waals surface area contributed by atoms with Gasteiger partial charge in [-0.05, 0) is 50.6 Å². The molecule has 0 radical (unpaired) electrons. The summed E-state index contributed by atoms with van der Waals surface area (Å²) < 4.78 is 7.77. The smallest absolute Gasteiger partial charge is 0.289 e. The molecule has 0 bridgehead atoms. The lowest BCUT2D eigenvalue weighted by atomic mass is 10.0. The fourth-order valence-electron chi connectivity index (χ4n) is 3.47. The standard InChI is InChI=1S/C19H28N4O2/c1-3-21(4-2)15-17-9-10-18(25-17)19(24)23-13-6-5-8-16(23)14-22-12-7-11-20-22/h7,9-12,16H,3-6,8,13-15H2,1-2H3/t16-/m1/s1. The van der Waals surface area contributed by atoms with Crippen LogP contribution in [0, 0.1) is 0 Å². The van der Waals surface area contributed by atoms with Gasteiger partial charge in [-0.2, -0.15) is 5.10 Å². The first-order valence-corrected chi connectivity index (χ1v) is 9.30. The van der Waals surface area contributed by atoms with Gasteiger partial charge in [0.25, 0.3) is 5.91 Å². The Morgan fingerprint density at radius 1 is 1.32 bits per heavy atom. The molecule has 1 atom stereocenters. The molecule has 1 aliphatic rings. The van der Waals surface area contributed by atoms with Crippen LogP contribution in [0.3, 0.4) is 0 Å². The lowest BCUT2D eigenvalue weighted by Gasteiger charge is -2.35. The minimum Gasteiger partial charge on any atom is -0.455 e. The second kappa shape index (κ2) is 8.34. The van der Waals surface area contributed by atoms with Crippen molar-refractivity contribution in [2.24, 2.45) is 0 Å². The monoisotopic (exact) mass is 344 g/mol. The van der Waals surface area contributed by atoms with Crippen molar-refractivity contribution in [2.45, 2.75) is 52.2 Å². The van der Waals surface area contributed by atoms with Gasteiger partial charge in [-0.25, -0.2) is 0 Å². The van der Waals surface area contributed by atoms with Crippen LogP contribution in [0.1, 0.15) is 49.4 Å². The first-order valence-electron chi connectivity index (χ1n) is 9.30. The second-order valence-electron chi connectivity index (χ2n) is 6.60. The van der Waals surface area contributed by atoms with E-state index < -0.39 is 0 Å². The molecule has 1 fully saturated rings. The summed E-state index contributed by atoms with van der Waals surface area (Å²) in [6.45, 7) is 8.48. The Balaban J connectivity index is 1.68. The number of rotatable bonds is 7. The summed E-state index contributed by atoms with van der Waals surface area (Å²) in [5.74, 6) is 1.31. The lowest BCUT2D eigenvalue weighted by molar-refractivity contribution is 0.0548. The summed E-state index contributed by atoms with van der Waals surface area (Å²) in [5, 5.41) is 4.28. The molecule has 6 heteroatoms. The Kier molecular flexibility index (Phi) is 5.91. The van der Waals surface area contributed by atoms with Gasteiger partial charge < -0.3 is 9.32 Å². The highest BCUT2D eigenvalue weighted by atomic mass is 16.4. The van der Waals surface area contributed by atoms with Crippen LogP contribution >= 0.6 is 0 Å². The highest BCUT2D eigenvalue weighted by molar-refractivity contribution is 5.91. The third kappa shape index (κ3) is 4.31. The summed E-state index contributed by atoms with van der Waals surface area (Å²) in [6.07, 6.45) is 6.95. The number of amides is 1. The zero-order valence-corrected chi connectivity index (χ0v) is 15.2. The van der Waals surface area contributed by atoms with Crippen molar-refractivity contribution in [3.63, 3.8) is 0 Å². The fourth-order valence-corrected chi connectivity index (χ4v) is 3.47. The average Bonchev–Trinajstić information content (AvgIpc) is 3.31. The maximum atomic E-state index is 13.0. The SMILES string of the molecule is CCN(CC)Cc1ccc(C(=O)N2CCCC[C@@H]2Cn2cccn2)o1. The van der Waals surface area contributed by atoms with Crippen molar-refractivity contribution in [3.05, 3.63) is 42.1 Å². The molecule has 0 aliphatic carbocycles. The zero-order valence-electron chi connectivity index (χ0n) is 15.2. The Hall–Kier alpha value is -2.08. The zero-order chi connectivity index (χ0) is 17.6. The number of nitrogens with zero attached hydrogens (tertiary/aromatic N) is 4. The number of aromatic nitrogens is 2. The number of piperidine rings is 1. The molecule has 0 aromatic carbocycles. The van der Waals surface area contributed by atoms with Crippen LogP contribution in [0.25, 0.3) is 0 Å². The normalized spacial score (nSPS) is 18.0. The molecule has 3 heterocycles. The molecule has 0 N–H and O–H groups in total. The van der Waals surface area contributed by atoms with E-state index in [1.165, 1.54) is 0 Å². The largest absolute Gasteiger partial charge is 0.455 e. The second-order valence-corrected chi connectivity index (χ2v) is 6.60. The molecular formula is C19H28N4O2. The predicted molar refractivity (Wildman–Crippen MR) is 96.2 cm³/mol. The van der Waals surface area contributed by atoms with E-state index in [1.54, 1.807) is 6.20 Å². The number of hydrogen-bond acceptors (Lipinski definition) is 4. The van der Waals surface area contributed by atoms with Gasteiger partial charge >= 0.3 is 0 Å². The van der Waals surface area contributed by atoms with Crippen molar-refractivity contribution in [1.82, 2.24) is 19.6 Å². The topological polar surface area (TPSA) is 54.5 Å². The van der Waals surface area contributed by atoms with Crippen LogP contribution in [0.15, 0.2) is 35.0 Å². The number of furan rings is 1. The number of likely N-dealkylation sites (tertiary alicyclic amines) is 1. The predicted octanol–water partition coefficient (Wildman–Crippen LogP) is 3.01. The van der Waals surface area contributed by atoms with Crippen molar-refractivity contribution in [1.29, 1.82) is 0 Å². The quantitative estimate of drug-likeness (QED) is 0.775. The van der Waals surface area contributed by atoms with Gasteiger partial charge in [0, 0.05) is 18.9 Å². The van der Waals surface area contributed by atoms with Crippen molar-refractivity contribution < 1.29 is 9.21 Å². The average molecular weight is 344 g/mol. The molecule has 0 saturated carbocycles. The van der Waals surface area contributed by atoms with E-state index in [2.05, 4.69) is 23.8 Å². The molecular weight excluding hydrogens is 316 g/mol. The van der Waals surface area contributed by atoms with Crippen LogP contribution in [-0.2, 0) is 13.1 Å². The molecule has 25 heavy (non-hydrogen) atoms. The molecule has 1 saturated heterocycles. The van der Waals surface area contributed by atoms with Crippen molar-refractivity contribution in [2.75, 3.05) is 19.6 Å². The fraction of sp³-hybridized carbons (Fsp3) is 0.579. The Bertz CT molecular complexity index is 661. The van der Waals surface area contributed by atoms with Gasteiger partial charge in [0.2, 0.25) is 0 Å². The first kappa shape index (κ1) is 17.7. The molecule has 3 rings (SSSR count). The lowest BCUT2D eigenvalue weighted by Crippen LogP contribution is -2.45. The van der Waals surface area contributed by atoms with E-state index in [0.29, 0.717) is 5.76 Å². The van der Waals surface area contributed by atoms with Gasteiger partial charge in [0.15, 0.2) is 5.76 Å². The molecule has 2 aromatic rings. The Morgan fingerprint density at radius 2 is 2.16 bits per heavy atom. The molecule has 0 spiro atoms. The summed E-state index contributed by atoms with van der Waals surface area (Å²) in [7, 11) is 0. The third-order valence-electron chi connectivity index (χ3n) is 4.99. The van der Waals surface area contributed by atoms with Crippen molar-refractivity contribution >= 4 is 5.91 Å². The summed E-state index contributed by atoms with van der Waals surface area (Å²) >= 11 is 0. The number of carbonyl (C=O) groups excluding carboxylic acids is 1. The Morgan fingerprint density at radius 3 is 2.88 bits per heavy atom. The van der Waals surface area contributed by atoms with Gasteiger partial charge in [-0.15, -0.1) is 0 Å². The molecule has 0 unspecified atom stereocenters. The molecule has 1 amide bonds. The highest BCUT2D eigenvalue weighted by Gasteiger charge is 2.29. The molecule has 1 aliphatic heterocycles. The van der Waals surface area contributed by atoms with Crippen LogP contribution in [0.4, 0.5) is 0 Å². The summed E-state index contributed by atoms with van der Waals surface area (Å²) in [6, 6.07) is 5.84. The van der Waals surface area contributed by atoms with Crippen molar-refractivity contribution in [3.8, 4) is 0 Å². The highest BCUT2D eigenvalue weighted by Crippen LogP contribution is 2.22. The maximum Gasteiger partial charge on any atom is 0.289 e. The van der Waals surface area contributed by atoms with E-state index in [-0.39, 0.29) is 11.9 Å². The number of carbonyl (C=O) groups is 1. The van der Waals surface area contributed by atoms with Crippen LogP contribution in [0.5, 0.6) is 0 Å². The maximum absolute atomic E-state index is 13.0. The van der Waals surface area contributed by atoms with Gasteiger partial charge in [0.05, 0.1) is 19.1 Å². The molecule has 6 nitrogen and oxygen atoms in total. The van der Waals surface area contributed by atoms with Crippen LogP contribution < -0.4 is 0 Å². The van der Waals surface area contributed by atoms with Gasteiger partial charge in [-0.1, -0.05) is 13.8 Å². The van der Waals surface area contributed by atoms with Gasteiger partial charge in [0.1, 0.15) is 5.76 Å². The molecule has 136 valence electrons. The van der Waals surface area contributed by atoms with E-state index in [1.807, 2.05) is 34.0 Å². The van der Waals surface area contributed by atoms with E-state index in [4.69, 9.17) is 4.42 Å². The van der Waals surface area contributed by atoms with E-state index >= 15 is 0 Å².